The number of hydrogen-bond acceptors (Lipinski definition) is 4. The molecule has 0 aliphatic carbocycles. The van der Waals surface area contributed by atoms with Crippen LogP contribution in [0.3, 0.4) is 0 Å². The van der Waals surface area contributed by atoms with E-state index in [0.717, 1.165) is 22.8 Å². The van der Waals surface area contributed by atoms with Crippen molar-refractivity contribution in [2.24, 2.45) is 0 Å². The summed E-state index contributed by atoms with van der Waals surface area (Å²) < 4.78 is 5.38. The minimum absolute atomic E-state index is 0.00937. The second-order valence-corrected chi connectivity index (χ2v) is 6.54. The number of Topliss-reactive ketones (excluding diaryl/α,β-unsaturated/α-hetero) is 1. The molecule has 0 bridgehead atoms. The monoisotopic (exact) mass is 357 g/mol. The fraction of sp³-hybridized carbons (Fsp3) is 0.300. The molecule has 25 heavy (non-hydrogen) atoms. The highest BCUT2D eigenvalue weighted by atomic mass is 32.2. The number of ether oxygens (including phenoxy) is 1. The van der Waals surface area contributed by atoms with Gasteiger partial charge in [-0.1, -0.05) is 13.0 Å². The van der Waals surface area contributed by atoms with Gasteiger partial charge < -0.3 is 10.1 Å². The molecule has 1 amide bonds. The van der Waals surface area contributed by atoms with Gasteiger partial charge in [0.25, 0.3) is 0 Å². The molecule has 2 rings (SSSR count). The lowest BCUT2D eigenvalue weighted by Gasteiger charge is -2.07. The Morgan fingerprint density at radius 3 is 2.52 bits per heavy atom. The lowest BCUT2D eigenvalue weighted by atomic mass is 10.1. The van der Waals surface area contributed by atoms with Gasteiger partial charge in [-0.25, -0.2) is 0 Å². The lowest BCUT2D eigenvalue weighted by molar-refractivity contribution is -0.116. The SMILES string of the molecule is CCCC(=O)Nc1cccc(SCC(=O)c2ccc(OCC)cc2)c1. The van der Waals surface area contributed by atoms with E-state index < -0.39 is 0 Å². The first-order valence-electron chi connectivity index (χ1n) is 8.41. The van der Waals surface area contributed by atoms with Crippen LogP contribution in [0.25, 0.3) is 0 Å². The summed E-state index contributed by atoms with van der Waals surface area (Å²) in [5.74, 6) is 1.19. The van der Waals surface area contributed by atoms with Gasteiger partial charge in [-0.2, -0.15) is 0 Å². The summed E-state index contributed by atoms with van der Waals surface area (Å²) >= 11 is 1.46. The average molecular weight is 357 g/mol. The summed E-state index contributed by atoms with van der Waals surface area (Å²) in [7, 11) is 0. The number of thioether (sulfide) groups is 1. The molecule has 2 aromatic rings. The van der Waals surface area contributed by atoms with Crippen LogP contribution in [-0.4, -0.2) is 24.1 Å². The van der Waals surface area contributed by atoms with Crippen LogP contribution in [0, 0.1) is 0 Å². The topological polar surface area (TPSA) is 55.4 Å². The van der Waals surface area contributed by atoms with E-state index >= 15 is 0 Å². The molecular formula is C20H23NO3S. The van der Waals surface area contributed by atoms with Crippen LogP contribution in [0.5, 0.6) is 5.75 Å². The minimum Gasteiger partial charge on any atom is -0.494 e. The number of rotatable bonds is 9. The van der Waals surface area contributed by atoms with E-state index in [0.29, 0.717) is 24.3 Å². The van der Waals surface area contributed by atoms with Gasteiger partial charge >= 0.3 is 0 Å². The molecular weight excluding hydrogens is 334 g/mol. The standard InChI is InChI=1S/C20H23NO3S/c1-3-6-20(23)21-16-7-5-8-18(13-16)25-14-19(22)15-9-11-17(12-10-15)24-4-2/h5,7-13H,3-4,6,14H2,1-2H3,(H,21,23). The number of nitrogens with one attached hydrogen (secondary N) is 1. The maximum absolute atomic E-state index is 12.3. The first-order chi connectivity index (χ1) is 12.1. The maximum Gasteiger partial charge on any atom is 0.224 e. The molecule has 0 aliphatic heterocycles. The average Bonchev–Trinajstić information content (AvgIpc) is 2.61. The van der Waals surface area contributed by atoms with Gasteiger partial charge in [0.1, 0.15) is 5.75 Å². The highest BCUT2D eigenvalue weighted by Crippen LogP contribution is 2.23. The van der Waals surface area contributed by atoms with Gasteiger partial charge in [0.2, 0.25) is 5.91 Å². The van der Waals surface area contributed by atoms with Crippen molar-refractivity contribution in [3.63, 3.8) is 0 Å². The Balaban J connectivity index is 1.91. The molecule has 0 aromatic heterocycles. The molecule has 0 saturated heterocycles. The molecule has 0 aliphatic rings. The molecule has 0 unspecified atom stereocenters. The van der Waals surface area contributed by atoms with Crippen molar-refractivity contribution in [1.29, 1.82) is 0 Å². The second-order valence-electron chi connectivity index (χ2n) is 5.50. The molecule has 0 heterocycles. The number of hydrogen-bond donors (Lipinski definition) is 1. The summed E-state index contributed by atoms with van der Waals surface area (Å²) in [5, 5.41) is 2.87. The van der Waals surface area contributed by atoms with Crippen LogP contribution in [0.2, 0.25) is 0 Å². The molecule has 0 spiro atoms. The van der Waals surface area contributed by atoms with Gasteiger partial charge in [-0.15, -0.1) is 11.8 Å². The first kappa shape index (κ1) is 19.1. The van der Waals surface area contributed by atoms with Crippen LogP contribution in [0.4, 0.5) is 5.69 Å². The molecule has 4 nitrogen and oxygen atoms in total. The van der Waals surface area contributed by atoms with E-state index in [1.54, 1.807) is 12.1 Å². The quantitative estimate of drug-likeness (QED) is 0.517. The second kappa shape index (κ2) is 9.89. The van der Waals surface area contributed by atoms with Crippen LogP contribution in [0.1, 0.15) is 37.0 Å². The zero-order chi connectivity index (χ0) is 18.1. The first-order valence-corrected chi connectivity index (χ1v) is 9.39. The Morgan fingerprint density at radius 2 is 1.84 bits per heavy atom. The number of amides is 1. The number of carbonyl (C=O) groups excluding carboxylic acids is 2. The third kappa shape index (κ3) is 6.27. The van der Waals surface area contributed by atoms with Crippen molar-refractivity contribution < 1.29 is 14.3 Å². The molecule has 0 fully saturated rings. The van der Waals surface area contributed by atoms with Gasteiger partial charge in [0.15, 0.2) is 5.78 Å². The van der Waals surface area contributed by atoms with E-state index in [-0.39, 0.29) is 11.7 Å². The predicted molar refractivity (Wildman–Crippen MR) is 103 cm³/mol. The Kier molecular flexibility index (Phi) is 7.54. The molecule has 132 valence electrons. The summed E-state index contributed by atoms with van der Waals surface area (Å²) in [4.78, 5) is 24.9. The number of benzene rings is 2. The van der Waals surface area contributed by atoms with E-state index in [1.165, 1.54) is 11.8 Å². The minimum atomic E-state index is 0.00937. The van der Waals surface area contributed by atoms with Crippen LogP contribution in [-0.2, 0) is 4.79 Å². The van der Waals surface area contributed by atoms with Crippen molar-refractivity contribution >= 4 is 29.1 Å². The van der Waals surface area contributed by atoms with Crippen molar-refractivity contribution in [2.45, 2.75) is 31.6 Å². The Morgan fingerprint density at radius 1 is 1.08 bits per heavy atom. The van der Waals surface area contributed by atoms with E-state index in [2.05, 4.69) is 5.32 Å². The Labute approximate surface area is 153 Å². The third-order valence-electron chi connectivity index (χ3n) is 3.45. The van der Waals surface area contributed by atoms with Crippen LogP contribution < -0.4 is 10.1 Å². The van der Waals surface area contributed by atoms with Crippen molar-refractivity contribution in [1.82, 2.24) is 0 Å². The van der Waals surface area contributed by atoms with E-state index in [1.807, 2.05) is 50.2 Å². The normalized spacial score (nSPS) is 10.3. The van der Waals surface area contributed by atoms with Gasteiger partial charge in [-0.3, -0.25) is 9.59 Å². The number of anilines is 1. The zero-order valence-corrected chi connectivity index (χ0v) is 15.4. The van der Waals surface area contributed by atoms with Gasteiger partial charge in [0.05, 0.1) is 12.4 Å². The molecule has 5 heteroatoms. The number of ketones is 1. The predicted octanol–water partition coefficient (Wildman–Crippen LogP) is 4.80. The smallest absolute Gasteiger partial charge is 0.224 e. The number of carbonyl (C=O) groups is 2. The van der Waals surface area contributed by atoms with Crippen molar-refractivity contribution in [2.75, 3.05) is 17.7 Å². The third-order valence-corrected chi connectivity index (χ3v) is 4.45. The molecule has 0 saturated carbocycles. The van der Waals surface area contributed by atoms with Gasteiger partial charge in [-0.05, 0) is 55.8 Å². The maximum atomic E-state index is 12.3. The fourth-order valence-corrected chi connectivity index (χ4v) is 3.10. The van der Waals surface area contributed by atoms with Crippen LogP contribution in [0.15, 0.2) is 53.4 Å². The molecule has 1 N–H and O–H groups in total. The summed E-state index contributed by atoms with van der Waals surface area (Å²) in [5.41, 5.74) is 1.43. The van der Waals surface area contributed by atoms with E-state index in [9.17, 15) is 9.59 Å². The largest absolute Gasteiger partial charge is 0.494 e. The zero-order valence-electron chi connectivity index (χ0n) is 14.6. The van der Waals surface area contributed by atoms with Crippen molar-refractivity contribution in [3.8, 4) is 5.75 Å². The van der Waals surface area contributed by atoms with E-state index in [4.69, 9.17) is 4.74 Å². The Bertz CT molecular complexity index is 713. The summed E-state index contributed by atoms with van der Waals surface area (Å²) in [6, 6.07) is 14.8. The highest BCUT2D eigenvalue weighted by Gasteiger charge is 2.08. The van der Waals surface area contributed by atoms with Crippen molar-refractivity contribution in [3.05, 3.63) is 54.1 Å². The summed E-state index contributed by atoms with van der Waals surface area (Å²) in [6.45, 7) is 4.50. The Hall–Kier alpha value is -2.27. The summed E-state index contributed by atoms with van der Waals surface area (Å²) in [6.07, 6.45) is 1.32. The van der Waals surface area contributed by atoms with Crippen LogP contribution >= 0.6 is 11.8 Å². The lowest BCUT2D eigenvalue weighted by Crippen LogP contribution is -2.10. The highest BCUT2D eigenvalue weighted by molar-refractivity contribution is 8.00. The molecule has 0 radical (unpaired) electrons. The molecule has 0 atom stereocenters. The van der Waals surface area contributed by atoms with Gasteiger partial charge in [0, 0.05) is 22.6 Å². The fourth-order valence-electron chi connectivity index (χ4n) is 2.25. The molecule has 2 aromatic carbocycles.